The van der Waals surface area contributed by atoms with Crippen LogP contribution in [0.25, 0.3) is 0 Å². The lowest BCUT2D eigenvalue weighted by Crippen LogP contribution is -2.27. The molecule has 1 aliphatic carbocycles. The average Bonchev–Trinajstić information content (AvgIpc) is 3.02. The van der Waals surface area contributed by atoms with Crippen LogP contribution in [0.4, 0.5) is 6.01 Å². The van der Waals surface area contributed by atoms with E-state index in [0.29, 0.717) is 12.1 Å². The van der Waals surface area contributed by atoms with E-state index < -0.39 is 0 Å². The summed E-state index contributed by atoms with van der Waals surface area (Å²) in [5.74, 6) is 0. The Balaban J connectivity index is 1.95. The van der Waals surface area contributed by atoms with E-state index in [9.17, 15) is 0 Å². The fraction of sp³-hybridized carbons (Fsp3) is 0.769. The normalized spacial score (nSPS) is 15.5. The topological polar surface area (TPSA) is 41.3 Å². The minimum absolute atomic E-state index is 0.477. The molecule has 96 valence electrons. The summed E-state index contributed by atoms with van der Waals surface area (Å²) in [6.07, 6.45) is 5.47. The molecule has 0 amide bonds. The zero-order valence-corrected chi connectivity index (χ0v) is 11.1. The van der Waals surface area contributed by atoms with Gasteiger partial charge in [-0.2, -0.15) is 4.98 Å². The summed E-state index contributed by atoms with van der Waals surface area (Å²) in [5.41, 5.74) is 0.996. The molecule has 1 fully saturated rings. The average molecular weight is 237 g/mol. The van der Waals surface area contributed by atoms with Gasteiger partial charge in [-0.25, -0.2) is 0 Å². The Bertz CT molecular complexity index is 344. The van der Waals surface area contributed by atoms with E-state index in [1.807, 2.05) is 0 Å². The van der Waals surface area contributed by atoms with Crippen molar-refractivity contribution < 1.29 is 4.42 Å². The number of rotatable bonds is 7. The molecule has 0 unspecified atom stereocenters. The molecule has 0 atom stereocenters. The highest BCUT2D eigenvalue weighted by molar-refractivity contribution is 5.31. The molecule has 0 radical (unpaired) electrons. The van der Waals surface area contributed by atoms with E-state index in [4.69, 9.17) is 4.42 Å². The minimum Gasteiger partial charge on any atom is -0.432 e. The molecule has 1 saturated carbocycles. The van der Waals surface area contributed by atoms with Gasteiger partial charge in [-0.1, -0.05) is 20.8 Å². The maximum atomic E-state index is 5.59. The van der Waals surface area contributed by atoms with Gasteiger partial charge in [-0.3, -0.25) is 0 Å². The second kappa shape index (κ2) is 5.54. The van der Waals surface area contributed by atoms with Crippen molar-refractivity contribution >= 4 is 6.01 Å². The van der Waals surface area contributed by atoms with Gasteiger partial charge >= 0.3 is 0 Å². The summed E-state index contributed by atoms with van der Waals surface area (Å²) >= 11 is 0. The number of nitrogens with one attached hydrogen (secondary N) is 1. The van der Waals surface area contributed by atoms with Crippen LogP contribution in [0.2, 0.25) is 0 Å². The van der Waals surface area contributed by atoms with Crippen LogP contribution in [0, 0.1) is 0 Å². The van der Waals surface area contributed by atoms with E-state index in [2.05, 4.69) is 36.0 Å². The van der Waals surface area contributed by atoms with E-state index in [1.54, 1.807) is 6.26 Å². The maximum absolute atomic E-state index is 5.59. The third kappa shape index (κ3) is 3.46. The van der Waals surface area contributed by atoms with Gasteiger partial charge < -0.3 is 14.6 Å². The van der Waals surface area contributed by atoms with Gasteiger partial charge in [0.25, 0.3) is 6.01 Å². The predicted octanol–water partition coefficient (Wildman–Crippen LogP) is 2.55. The van der Waals surface area contributed by atoms with Crippen molar-refractivity contribution in [3.63, 3.8) is 0 Å². The molecule has 0 aromatic carbocycles. The molecule has 0 aliphatic heterocycles. The quantitative estimate of drug-likeness (QED) is 0.791. The van der Waals surface area contributed by atoms with Crippen molar-refractivity contribution in [2.75, 3.05) is 11.4 Å². The van der Waals surface area contributed by atoms with Crippen LogP contribution in [0.1, 0.15) is 45.7 Å². The largest absolute Gasteiger partial charge is 0.432 e. The first-order chi connectivity index (χ1) is 8.20. The van der Waals surface area contributed by atoms with Gasteiger partial charge in [0.2, 0.25) is 0 Å². The molecule has 2 rings (SSSR count). The van der Waals surface area contributed by atoms with E-state index >= 15 is 0 Å². The van der Waals surface area contributed by atoms with Gasteiger partial charge in [0.05, 0.1) is 5.69 Å². The summed E-state index contributed by atoms with van der Waals surface area (Å²) in [5, 5.41) is 3.35. The number of nitrogens with zero attached hydrogens (tertiary/aromatic N) is 2. The van der Waals surface area contributed by atoms with Crippen LogP contribution in [0.3, 0.4) is 0 Å². The highest BCUT2D eigenvalue weighted by Gasteiger charge is 2.31. The van der Waals surface area contributed by atoms with Crippen LogP contribution in [-0.4, -0.2) is 23.6 Å². The predicted molar refractivity (Wildman–Crippen MR) is 69.1 cm³/mol. The van der Waals surface area contributed by atoms with Gasteiger partial charge in [0.1, 0.15) is 6.26 Å². The van der Waals surface area contributed by atoms with Gasteiger partial charge in [-0.15, -0.1) is 0 Å². The number of hydrogen-bond donors (Lipinski definition) is 1. The SMILES string of the molecule is CCCN(c1nc(CNC(C)C)co1)C1CC1. The molecular formula is C13H23N3O. The fourth-order valence-corrected chi connectivity index (χ4v) is 1.88. The van der Waals surface area contributed by atoms with Gasteiger partial charge in [0.15, 0.2) is 0 Å². The molecule has 1 N–H and O–H groups in total. The van der Waals surface area contributed by atoms with E-state index in [1.165, 1.54) is 12.8 Å². The number of oxazole rings is 1. The van der Waals surface area contributed by atoms with Crippen LogP contribution < -0.4 is 10.2 Å². The molecule has 1 heterocycles. The second-order valence-electron chi connectivity index (χ2n) is 5.08. The third-order valence-electron chi connectivity index (χ3n) is 2.93. The molecule has 1 aromatic rings. The van der Waals surface area contributed by atoms with Crippen molar-refractivity contribution in [3.05, 3.63) is 12.0 Å². The minimum atomic E-state index is 0.477. The molecule has 17 heavy (non-hydrogen) atoms. The van der Waals surface area contributed by atoms with Crippen LogP contribution in [0.5, 0.6) is 0 Å². The van der Waals surface area contributed by atoms with Gasteiger partial charge in [0, 0.05) is 25.2 Å². The highest BCUT2D eigenvalue weighted by atomic mass is 16.4. The van der Waals surface area contributed by atoms with Crippen molar-refractivity contribution in [1.82, 2.24) is 10.3 Å². The molecular weight excluding hydrogens is 214 g/mol. The smallest absolute Gasteiger partial charge is 0.297 e. The highest BCUT2D eigenvalue weighted by Crippen LogP contribution is 2.31. The summed E-state index contributed by atoms with van der Waals surface area (Å²) in [6, 6.07) is 1.94. The van der Waals surface area contributed by atoms with Crippen LogP contribution >= 0.6 is 0 Å². The van der Waals surface area contributed by atoms with Crippen LogP contribution in [-0.2, 0) is 6.54 Å². The molecule has 4 heteroatoms. The van der Waals surface area contributed by atoms with Crippen molar-refractivity contribution in [2.24, 2.45) is 0 Å². The third-order valence-corrected chi connectivity index (χ3v) is 2.93. The number of aromatic nitrogens is 1. The number of anilines is 1. The fourth-order valence-electron chi connectivity index (χ4n) is 1.88. The lowest BCUT2D eigenvalue weighted by atomic mass is 10.4. The first-order valence-electron chi connectivity index (χ1n) is 6.65. The van der Waals surface area contributed by atoms with Crippen molar-refractivity contribution in [1.29, 1.82) is 0 Å². The Morgan fingerprint density at radius 2 is 2.29 bits per heavy atom. The standard InChI is InChI=1S/C13H23N3O/c1-4-7-16(12-5-6-12)13-15-11(9-17-13)8-14-10(2)3/h9-10,12,14H,4-8H2,1-3H3. The first-order valence-corrected chi connectivity index (χ1v) is 6.65. The van der Waals surface area contributed by atoms with Gasteiger partial charge in [-0.05, 0) is 19.3 Å². The monoisotopic (exact) mass is 237 g/mol. The van der Waals surface area contributed by atoms with E-state index in [-0.39, 0.29) is 0 Å². The van der Waals surface area contributed by atoms with Crippen LogP contribution in [0.15, 0.2) is 10.7 Å². The summed E-state index contributed by atoms with van der Waals surface area (Å²) in [6.45, 7) is 8.29. The molecule has 0 saturated heterocycles. The zero-order chi connectivity index (χ0) is 12.3. The maximum Gasteiger partial charge on any atom is 0.297 e. The number of hydrogen-bond acceptors (Lipinski definition) is 4. The summed E-state index contributed by atoms with van der Waals surface area (Å²) < 4.78 is 5.59. The Morgan fingerprint density at radius 1 is 1.53 bits per heavy atom. The molecule has 0 spiro atoms. The molecule has 0 bridgehead atoms. The molecule has 1 aliphatic rings. The Morgan fingerprint density at radius 3 is 2.88 bits per heavy atom. The second-order valence-corrected chi connectivity index (χ2v) is 5.08. The Labute approximate surface area is 103 Å². The zero-order valence-electron chi connectivity index (χ0n) is 11.1. The summed E-state index contributed by atoms with van der Waals surface area (Å²) in [4.78, 5) is 6.86. The lowest BCUT2D eigenvalue weighted by molar-refractivity contribution is 0.526. The molecule has 4 nitrogen and oxygen atoms in total. The van der Waals surface area contributed by atoms with E-state index in [0.717, 1.165) is 31.2 Å². The Hall–Kier alpha value is -1.03. The Kier molecular flexibility index (Phi) is 4.05. The van der Waals surface area contributed by atoms with Crippen molar-refractivity contribution in [2.45, 2.75) is 58.7 Å². The lowest BCUT2D eigenvalue weighted by Gasteiger charge is -2.18. The summed E-state index contributed by atoms with van der Waals surface area (Å²) in [7, 11) is 0. The molecule has 1 aromatic heterocycles. The van der Waals surface area contributed by atoms with Crippen molar-refractivity contribution in [3.8, 4) is 0 Å². The first kappa shape index (κ1) is 12.4.